The lowest BCUT2D eigenvalue weighted by molar-refractivity contribution is 0.0950. The molecule has 0 bridgehead atoms. The summed E-state index contributed by atoms with van der Waals surface area (Å²) < 4.78 is 4.95. The Hall–Kier alpha value is -1.75. The fourth-order valence-electron chi connectivity index (χ4n) is 0.981. The summed E-state index contributed by atoms with van der Waals surface area (Å²) in [7, 11) is 1.47. The van der Waals surface area contributed by atoms with Gasteiger partial charge in [-0.15, -0.1) is 0 Å². The zero-order valence-electron chi connectivity index (χ0n) is 7.20. The summed E-state index contributed by atoms with van der Waals surface area (Å²) in [5.74, 6) is 5.00. The molecule has 1 aromatic carbocycles. The maximum atomic E-state index is 11.2. The van der Waals surface area contributed by atoms with E-state index >= 15 is 0 Å². The fraction of sp³-hybridized carbons (Fsp3) is 0.125. The SMILES string of the molecule is COc1ccc(N)cc1C(=O)NN. The second-order valence-electron chi connectivity index (χ2n) is 2.43. The zero-order chi connectivity index (χ0) is 9.84. The number of amides is 1. The number of hydrogen-bond donors (Lipinski definition) is 3. The van der Waals surface area contributed by atoms with Crippen molar-refractivity contribution >= 4 is 11.6 Å². The molecule has 5 nitrogen and oxygen atoms in total. The highest BCUT2D eigenvalue weighted by atomic mass is 16.5. The molecule has 0 aliphatic rings. The van der Waals surface area contributed by atoms with Gasteiger partial charge in [-0.2, -0.15) is 0 Å². The van der Waals surface area contributed by atoms with E-state index in [9.17, 15) is 4.79 Å². The number of nitrogen functional groups attached to an aromatic ring is 2. The van der Waals surface area contributed by atoms with Crippen molar-refractivity contribution in [1.29, 1.82) is 0 Å². The molecule has 0 aliphatic carbocycles. The minimum absolute atomic E-state index is 0.324. The zero-order valence-corrected chi connectivity index (χ0v) is 7.20. The lowest BCUT2D eigenvalue weighted by Gasteiger charge is -2.07. The first-order valence-electron chi connectivity index (χ1n) is 3.63. The maximum Gasteiger partial charge on any atom is 0.269 e. The monoisotopic (exact) mass is 181 g/mol. The summed E-state index contributed by atoms with van der Waals surface area (Å²) in [5, 5.41) is 0. The summed E-state index contributed by atoms with van der Waals surface area (Å²) in [5.41, 5.74) is 8.32. The normalized spacial score (nSPS) is 9.38. The molecule has 0 radical (unpaired) electrons. The van der Waals surface area contributed by atoms with Gasteiger partial charge in [-0.3, -0.25) is 10.2 Å². The van der Waals surface area contributed by atoms with Gasteiger partial charge >= 0.3 is 0 Å². The van der Waals surface area contributed by atoms with Gasteiger partial charge in [-0.05, 0) is 18.2 Å². The number of rotatable bonds is 2. The lowest BCUT2D eigenvalue weighted by Crippen LogP contribution is -2.30. The number of carbonyl (C=O) groups excluding carboxylic acids is 1. The minimum atomic E-state index is -0.427. The van der Waals surface area contributed by atoms with Crippen LogP contribution in [0.3, 0.4) is 0 Å². The second-order valence-corrected chi connectivity index (χ2v) is 2.43. The topological polar surface area (TPSA) is 90.4 Å². The first-order valence-corrected chi connectivity index (χ1v) is 3.63. The molecule has 5 heteroatoms. The van der Waals surface area contributed by atoms with E-state index in [1.165, 1.54) is 13.2 Å². The third kappa shape index (κ3) is 1.88. The van der Waals surface area contributed by atoms with Crippen LogP contribution in [-0.2, 0) is 0 Å². The predicted octanol–water partition coefficient (Wildman–Crippen LogP) is -0.119. The van der Waals surface area contributed by atoms with Crippen molar-refractivity contribution in [3.8, 4) is 5.75 Å². The molecule has 1 amide bonds. The van der Waals surface area contributed by atoms with Crippen LogP contribution in [0.4, 0.5) is 5.69 Å². The van der Waals surface area contributed by atoms with Gasteiger partial charge < -0.3 is 10.5 Å². The van der Waals surface area contributed by atoms with E-state index in [-0.39, 0.29) is 0 Å². The quantitative estimate of drug-likeness (QED) is 0.257. The summed E-state index contributed by atoms with van der Waals surface area (Å²) in [6.45, 7) is 0. The van der Waals surface area contributed by atoms with Gasteiger partial charge in [0.25, 0.3) is 5.91 Å². The predicted molar refractivity (Wildman–Crippen MR) is 49.1 cm³/mol. The average Bonchev–Trinajstić information content (AvgIpc) is 2.16. The molecule has 0 heterocycles. The Bertz CT molecular complexity index is 325. The molecule has 0 spiro atoms. The van der Waals surface area contributed by atoms with E-state index in [2.05, 4.69) is 0 Å². The highest BCUT2D eigenvalue weighted by Gasteiger charge is 2.10. The molecule has 0 atom stereocenters. The number of nitrogens with two attached hydrogens (primary N) is 2. The van der Waals surface area contributed by atoms with Crippen LogP contribution in [0.2, 0.25) is 0 Å². The van der Waals surface area contributed by atoms with E-state index in [0.29, 0.717) is 17.0 Å². The lowest BCUT2D eigenvalue weighted by atomic mass is 10.1. The molecule has 0 aromatic heterocycles. The Kier molecular flexibility index (Phi) is 2.71. The molecule has 0 unspecified atom stereocenters. The Morgan fingerprint density at radius 1 is 1.54 bits per heavy atom. The average molecular weight is 181 g/mol. The Labute approximate surface area is 75.6 Å². The molecular formula is C8H11N3O2. The Morgan fingerprint density at radius 2 is 2.23 bits per heavy atom. The third-order valence-electron chi connectivity index (χ3n) is 1.60. The van der Waals surface area contributed by atoms with E-state index < -0.39 is 5.91 Å². The number of benzene rings is 1. The smallest absolute Gasteiger partial charge is 0.269 e. The van der Waals surface area contributed by atoms with Crippen LogP contribution in [0.15, 0.2) is 18.2 Å². The van der Waals surface area contributed by atoms with Crippen molar-refractivity contribution < 1.29 is 9.53 Å². The molecule has 5 N–H and O–H groups in total. The van der Waals surface area contributed by atoms with Gasteiger partial charge in [0.1, 0.15) is 5.75 Å². The van der Waals surface area contributed by atoms with Crippen molar-refractivity contribution in [3.63, 3.8) is 0 Å². The first kappa shape index (κ1) is 9.34. The van der Waals surface area contributed by atoms with Crippen LogP contribution in [0.5, 0.6) is 5.75 Å². The molecule has 0 aliphatic heterocycles. The van der Waals surface area contributed by atoms with Crippen molar-refractivity contribution in [1.82, 2.24) is 5.43 Å². The molecule has 1 rings (SSSR count). The standard InChI is InChI=1S/C8H11N3O2/c1-13-7-3-2-5(9)4-6(7)8(12)11-10/h2-4H,9-10H2,1H3,(H,11,12). The molecular weight excluding hydrogens is 170 g/mol. The van der Waals surface area contributed by atoms with Crippen molar-refractivity contribution in [2.75, 3.05) is 12.8 Å². The largest absolute Gasteiger partial charge is 0.496 e. The first-order chi connectivity index (χ1) is 6.19. The summed E-state index contributed by atoms with van der Waals surface area (Å²) in [6, 6.07) is 4.76. The Morgan fingerprint density at radius 3 is 2.77 bits per heavy atom. The van der Waals surface area contributed by atoms with Crippen LogP contribution >= 0.6 is 0 Å². The van der Waals surface area contributed by atoms with Gasteiger partial charge in [0.05, 0.1) is 12.7 Å². The van der Waals surface area contributed by atoms with Crippen LogP contribution < -0.4 is 21.7 Å². The van der Waals surface area contributed by atoms with Crippen molar-refractivity contribution in [3.05, 3.63) is 23.8 Å². The van der Waals surface area contributed by atoms with Gasteiger partial charge in [-0.25, -0.2) is 5.84 Å². The fourth-order valence-corrected chi connectivity index (χ4v) is 0.981. The van der Waals surface area contributed by atoms with Crippen molar-refractivity contribution in [2.24, 2.45) is 5.84 Å². The molecule has 0 saturated heterocycles. The molecule has 1 aromatic rings. The molecule has 0 saturated carbocycles. The highest BCUT2D eigenvalue weighted by molar-refractivity contribution is 5.97. The van der Waals surface area contributed by atoms with Crippen LogP contribution in [0.1, 0.15) is 10.4 Å². The number of hydrogen-bond acceptors (Lipinski definition) is 4. The molecule has 70 valence electrons. The van der Waals surface area contributed by atoms with Crippen molar-refractivity contribution in [2.45, 2.75) is 0 Å². The van der Waals surface area contributed by atoms with Crippen LogP contribution in [0.25, 0.3) is 0 Å². The number of anilines is 1. The van der Waals surface area contributed by atoms with Gasteiger partial charge in [-0.1, -0.05) is 0 Å². The second kappa shape index (κ2) is 3.77. The summed E-state index contributed by atoms with van der Waals surface area (Å²) >= 11 is 0. The number of ether oxygens (including phenoxy) is 1. The maximum absolute atomic E-state index is 11.2. The highest BCUT2D eigenvalue weighted by Crippen LogP contribution is 2.20. The van der Waals surface area contributed by atoms with E-state index in [4.69, 9.17) is 16.3 Å². The van der Waals surface area contributed by atoms with E-state index in [1.807, 2.05) is 5.43 Å². The number of nitrogens with one attached hydrogen (secondary N) is 1. The van der Waals surface area contributed by atoms with E-state index in [1.54, 1.807) is 12.1 Å². The van der Waals surface area contributed by atoms with Gasteiger partial charge in [0.15, 0.2) is 0 Å². The number of methoxy groups -OCH3 is 1. The number of carbonyl (C=O) groups is 1. The minimum Gasteiger partial charge on any atom is -0.496 e. The summed E-state index contributed by atoms with van der Waals surface area (Å²) in [4.78, 5) is 11.2. The third-order valence-corrected chi connectivity index (χ3v) is 1.60. The van der Waals surface area contributed by atoms with Crippen LogP contribution in [-0.4, -0.2) is 13.0 Å². The van der Waals surface area contributed by atoms with Gasteiger partial charge in [0.2, 0.25) is 0 Å². The Balaban J connectivity index is 3.15. The van der Waals surface area contributed by atoms with E-state index in [0.717, 1.165) is 0 Å². The van der Waals surface area contributed by atoms with Gasteiger partial charge in [0, 0.05) is 5.69 Å². The molecule has 0 fully saturated rings. The molecule has 13 heavy (non-hydrogen) atoms. The van der Waals surface area contributed by atoms with Crippen LogP contribution in [0, 0.1) is 0 Å². The summed E-state index contributed by atoms with van der Waals surface area (Å²) in [6.07, 6.45) is 0. The number of hydrazine groups is 1.